The number of para-hydroxylation sites is 1. The summed E-state index contributed by atoms with van der Waals surface area (Å²) < 4.78 is 2.16. The molecular weight excluding hydrogens is 260 g/mol. The van der Waals surface area contributed by atoms with E-state index in [2.05, 4.69) is 34.8 Å². The van der Waals surface area contributed by atoms with Crippen LogP contribution in [-0.2, 0) is 6.54 Å². The molecule has 0 aliphatic heterocycles. The summed E-state index contributed by atoms with van der Waals surface area (Å²) in [4.78, 5) is 4.41. The van der Waals surface area contributed by atoms with Gasteiger partial charge in [-0.1, -0.05) is 30.4 Å². The zero-order chi connectivity index (χ0) is 14.8. The molecule has 0 aliphatic rings. The average molecular weight is 278 g/mol. The van der Waals surface area contributed by atoms with Crippen molar-refractivity contribution in [3.8, 4) is 0 Å². The number of rotatable bonds is 5. The molecule has 0 bridgehead atoms. The molecule has 0 radical (unpaired) electrons. The third-order valence-corrected chi connectivity index (χ3v) is 3.72. The van der Waals surface area contributed by atoms with Gasteiger partial charge in [-0.15, -0.1) is 13.2 Å². The first-order valence-electron chi connectivity index (χ1n) is 7.03. The third-order valence-electron chi connectivity index (χ3n) is 3.72. The first kappa shape index (κ1) is 13.6. The molecule has 3 rings (SSSR count). The van der Waals surface area contributed by atoms with Crippen molar-refractivity contribution < 1.29 is 5.11 Å². The van der Waals surface area contributed by atoms with Crippen LogP contribution in [0.15, 0.2) is 61.8 Å². The van der Waals surface area contributed by atoms with Gasteiger partial charge in [0.25, 0.3) is 0 Å². The fourth-order valence-electron chi connectivity index (χ4n) is 2.86. The van der Waals surface area contributed by atoms with Crippen molar-refractivity contribution in [3.63, 3.8) is 0 Å². The van der Waals surface area contributed by atoms with Crippen LogP contribution in [0.4, 0.5) is 0 Å². The van der Waals surface area contributed by atoms with E-state index in [1.54, 1.807) is 12.3 Å². The standard InChI is InChI=1S/C18H18N2O/c1-3-7-16(21)17-18-14(10-11-19-17)13-8-5-6-9-15(13)20(18)12-4-2/h3-6,8-11,16,21H,1-2,7,12H2. The molecule has 0 spiro atoms. The van der Waals surface area contributed by atoms with Gasteiger partial charge in [-0.2, -0.15) is 0 Å². The fraction of sp³-hybridized carbons (Fsp3) is 0.167. The van der Waals surface area contributed by atoms with Crippen LogP contribution in [-0.4, -0.2) is 14.7 Å². The number of fused-ring (bicyclic) bond motifs is 3. The molecule has 1 N–H and O–H groups in total. The highest BCUT2D eigenvalue weighted by molar-refractivity contribution is 6.08. The molecule has 21 heavy (non-hydrogen) atoms. The van der Waals surface area contributed by atoms with Gasteiger partial charge in [-0.25, -0.2) is 0 Å². The van der Waals surface area contributed by atoms with Crippen LogP contribution < -0.4 is 0 Å². The Labute approximate surface area is 123 Å². The summed E-state index contributed by atoms with van der Waals surface area (Å²) in [6, 6.07) is 10.2. The molecule has 3 aromatic rings. The van der Waals surface area contributed by atoms with E-state index in [9.17, 15) is 5.11 Å². The Morgan fingerprint density at radius 2 is 1.95 bits per heavy atom. The Kier molecular flexibility index (Phi) is 3.59. The number of nitrogens with zero attached hydrogens (tertiary/aromatic N) is 2. The van der Waals surface area contributed by atoms with Gasteiger partial charge in [0.05, 0.1) is 11.2 Å². The Morgan fingerprint density at radius 1 is 1.14 bits per heavy atom. The number of allylic oxidation sites excluding steroid dienone is 1. The maximum atomic E-state index is 10.4. The van der Waals surface area contributed by atoms with E-state index >= 15 is 0 Å². The lowest BCUT2D eigenvalue weighted by atomic mass is 10.1. The quantitative estimate of drug-likeness (QED) is 0.717. The number of aromatic nitrogens is 2. The van der Waals surface area contributed by atoms with E-state index in [1.807, 2.05) is 24.3 Å². The molecule has 0 saturated heterocycles. The van der Waals surface area contributed by atoms with E-state index in [0.29, 0.717) is 18.7 Å². The van der Waals surface area contributed by atoms with Crippen molar-refractivity contribution in [1.29, 1.82) is 0 Å². The maximum absolute atomic E-state index is 10.4. The Hall–Kier alpha value is -2.39. The van der Waals surface area contributed by atoms with Gasteiger partial charge in [-0.3, -0.25) is 4.98 Å². The van der Waals surface area contributed by atoms with Crippen molar-refractivity contribution >= 4 is 21.8 Å². The zero-order valence-corrected chi connectivity index (χ0v) is 11.9. The van der Waals surface area contributed by atoms with Gasteiger partial charge in [0.1, 0.15) is 6.10 Å². The van der Waals surface area contributed by atoms with E-state index in [4.69, 9.17) is 0 Å². The molecule has 3 nitrogen and oxygen atoms in total. The van der Waals surface area contributed by atoms with Gasteiger partial charge in [0, 0.05) is 29.0 Å². The molecule has 1 aromatic carbocycles. The lowest BCUT2D eigenvalue weighted by Gasteiger charge is -2.12. The number of benzene rings is 1. The van der Waals surface area contributed by atoms with Gasteiger partial charge in [0.2, 0.25) is 0 Å². The highest BCUT2D eigenvalue weighted by Crippen LogP contribution is 2.33. The largest absolute Gasteiger partial charge is 0.386 e. The topological polar surface area (TPSA) is 38.1 Å². The number of pyridine rings is 1. The molecule has 0 fully saturated rings. The Balaban J connectivity index is 2.40. The zero-order valence-electron chi connectivity index (χ0n) is 11.9. The lowest BCUT2D eigenvalue weighted by molar-refractivity contribution is 0.178. The summed E-state index contributed by atoms with van der Waals surface area (Å²) in [7, 11) is 0. The SMILES string of the molecule is C=CCC(O)c1nccc2c3ccccc3n(CC=C)c12. The van der Waals surface area contributed by atoms with E-state index < -0.39 is 6.10 Å². The molecule has 0 aliphatic carbocycles. The van der Waals surface area contributed by atoms with Crippen molar-refractivity contribution in [3.05, 3.63) is 67.5 Å². The highest BCUT2D eigenvalue weighted by Gasteiger charge is 2.18. The molecule has 2 heterocycles. The second-order valence-electron chi connectivity index (χ2n) is 5.05. The monoisotopic (exact) mass is 278 g/mol. The molecule has 1 atom stereocenters. The van der Waals surface area contributed by atoms with Crippen LogP contribution in [0.25, 0.3) is 21.8 Å². The van der Waals surface area contributed by atoms with E-state index in [1.165, 1.54) is 5.39 Å². The van der Waals surface area contributed by atoms with Crippen molar-refractivity contribution in [2.45, 2.75) is 19.1 Å². The average Bonchev–Trinajstić information content (AvgIpc) is 2.83. The number of hydrogen-bond acceptors (Lipinski definition) is 2. The van der Waals surface area contributed by atoms with Crippen LogP contribution in [0, 0.1) is 0 Å². The molecule has 3 heteroatoms. The first-order chi connectivity index (χ1) is 10.3. The summed E-state index contributed by atoms with van der Waals surface area (Å²) in [6.07, 6.45) is 5.18. The normalized spacial score (nSPS) is 12.6. The van der Waals surface area contributed by atoms with Gasteiger partial charge < -0.3 is 9.67 Å². The maximum Gasteiger partial charge on any atom is 0.101 e. The summed E-state index contributed by atoms with van der Waals surface area (Å²) in [6.45, 7) is 8.22. The number of hydrogen-bond donors (Lipinski definition) is 1. The minimum atomic E-state index is -0.640. The highest BCUT2D eigenvalue weighted by atomic mass is 16.3. The molecule has 0 saturated carbocycles. The molecule has 0 amide bonds. The minimum absolute atomic E-state index is 0.488. The minimum Gasteiger partial charge on any atom is -0.386 e. The van der Waals surface area contributed by atoms with Gasteiger partial charge in [0.15, 0.2) is 0 Å². The predicted octanol–water partition coefficient (Wildman–Crippen LogP) is 3.99. The Morgan fingerprint density at radius 3 is 2.71 bits per heavy atom. The fourth-order valence-corrected chi connectivity index (χ4v) is 2.86. The van der Waals surface area contributed by atoms with Crippen molar-refractivity contribution in [2.75, 3.05) is 0 Å². The summed E-state index contributed by atoms with van der Waals surface area (Å²) >= 11 is 0. The van der Waals surface area contributed by atoms with E-state index in [-0.39, 0.29) is 0 Å². The summed E-state index contributed by atoms with van der Waals surface area (Å²) in [5, 5.41) is 12.6. The predicted molar refractivity (Wildman–Crippen MR) is 87.2 cm³/mol. The van der Waals surface area contributed by atoms with Crippen LogP contribution in [0.1, 0.15) is 18.2 Å². The number of aliphatic hydroxyl groups excluding tert-OH is 1. The van der Waals surface area contributed by atoms with Gasteiger partial charge in [-0.05, 0) is 18.6 Å². The second-order valence-corrected chi connectivity index (χ2v) is 5.05. The summed E-state index contributed by atoms with van der Waals surface area (Å²) in [5.74, 6) is 0. The van der Waals surface area contributed by atoms with Crippen molar-refractivity contribution in [2.24, 2.45) is 0 Å². The van der Waals surface area contributed by atoms with Crippen LogP contribution in [0.5, 0.6) is 0 Å². The molecular formula is C18H18N2O. The second kappa shape index (κ2) is 5.54. The van der Waals surface area contributed by atoms with Gasteiger partial charge >= 0.3 is 0 Å². The molecule has 106 valence electrons. The Bertz CT molecular complexity index is 817. The van der Waals surface area contributed by atoms with Crippen LogP contribution in [0.2, 0.25) is 0 Å². The first-order valence-corrected chi connectivity index (χ1v) is 7.03. The molecule has 2 aromatic heterocycles. The summed E-state index contributed by atoms with van der Waals surface area (Å²) in [5.41, 5.74) is 2.81. The number of aliphatic hydroxyl groups is 1. The smallest absolute Gasteiger partial charge is 0.101 e. The van der Waals surface area contributed by atoms with E-state index in [0.717, 1.165) is 16.4 Å². The lowest BCUT2D eigenvalue weighted by Crippen LogP contribution is -2.04. The third kappa shape index (κ3) is 2.16. The van der Waals surface area contributed by atoms with Crippen LogP contribution in [0.3, 0.4) is 0 Å². The van der Waals surface area contributed by atoms with Crippen LogP contribution >= 0.6 is 0 Å². The van der Waals surface area contributed by atoms with Crippen molar-refractivity contribution in [1.82, 2.24) is 9.55 Å². The molecule has 1 unspecified atom stereocenters.